The SMILES string of the molecule is C/C=C/COC(=O)CC1CCS(=O)(=O)C1. The molecule has 0 N–H and O–H groups in total. The largest absolute Gasteiger partial charge is 0.461 e. The summed E-state index contributed by atoms with van der Waals surface area (Å²) >= 11 is 0. The molecular formula is C10H16O4S. The summed E-state index contributed by atoms with van der Waals surface area (Å²) < 4.78 is 27.1. The van der Waals surface area contributed by atoms with Crippen LogP contribution < -0.4 is 0 Å². The topological polar surface area (TPSA) is 60.4 Å². The van der Waals surface area contributed by atoms with Crippen LogP contribution in [0.3, 0.4) is 0 Å². The van der Waals surface area contributed by atoms with Crippen LogP contribution >= 0.6 is 0 Å². The Morgan fingerprint density at radius 1 is 1.53 bits per heavy atom. The molecule has 0 aliphatic carbocycles. The fourth-order valence-corrected chi connectivity index (χ4v) is 3.43. The highest BCUT2D eigenvalue weighted by atomic mass is 32.2. The maximum Gasteiger partial charge on any atom is 0.306 e. The second-order valence-electron chi connectivity index (χ2n) is 3.73. The van der Waals surface area contributed by atoms with Crippen molar-refractivity contribution in [2.45, 2.75) is 19.8 Å². The molecule has 0 aromatic carbocycles. The van der Waals surface area contributed by atoms with Gasteiger partial charge >= 0.3 is 5.97 Å². The third kappa shape index (κ3) is 4.46. The van der Waals surface area contributed by atoms with Crippen LogP contribution in [0.5, 0.6) is 0 Å². The highest BCUT2D eigenvalue weighted by molar-refractivity contribution is 7.91. The number of allylic oxidation sites excluding steroid dienone is 1. The molecule has 0 aromatic heterocycles. The number of hydrogen-bond donors (Lipinski definition) is 0. The molecule has 5 heteroatoms. The number of carbonyl (C=O) groups is 1. The van der Waals surface area contributed by atoms with Gasteiger partial charge in [-0.3, -0.25) is 4.79 Å². The molecule has 1 heterocycles. The molecule has 0 amide bonds. The molecule has 1 saturated heterocycles. The van der Waals surface area contributed by atoms with Crippen LogP contribution in [-0.4, -0.2) is 32.5 Å². The van der Waals surface area contributed by atoms with Crippen molar-refractivity contribution in [3.8, 4) is 0 Å². The van der Waals surface area contributed by atoms with Gasteiger partial charge < -0.3 is 4.74 Å². The quantitative estimate of drug-likeness (QED) is 0.534. The van der Waals surface area contributed by atoms with Gasteiger partial charge in [0.05, 0.1) is 11.5 Å². The summed E-state index contributed by atoms with van der Waals surface area (Å²) in [5.74, 6) is -0.0192. The standard InChI is InChI=1S/C10H16O4S/c1-2-3-5-14-10(11)7-9-4-6-15(12,13)8-9/h2-3,9H,4-8H2,1H3/b3-2+. The summed E-state index contributed by atoms with van der Waals surface area (Å²) in [4.78, 5) is 11.2. The van der Waals surface area contributed by atoms with E-state index in [1.807, 2.05) is 6.92 Å². The van der Waals surface area contributed by atoms with Gasteiger partial charge in [-0.2, -0.15) is 0 Å². The van der Waals surface area contributed by atoms with E-state index in [0.29, 0.717) is 6.42 Å². The summed E-state index contributed by atoms with van der Waals surface area (Å²) in [6.45, 7) is 2.12. The van der Waals surface area contributed by atoms with Crippen LogP contribution in [0.4, 0.5) is 0 Å². The third-order valence-electron chi connectivity index (χ3n) is 2.36. The molecule has 1 atom stereocenters. The first-order chi connectivity index (χ1) is 7.03. The average Bonchev–Trinajstić information content (AvgIpc) is 2.46. The number of rotatable bonds is 4. The molecule has 4 nitrogen and oxygen atoms in total. The number of carbonyl (C=O) groups excluding carboxylic acids is 1. The summed E-state index contributed by atoms with van der Waals surface area (Å²) in [5, 5.41) is 0. The van der Waals surface area contributed by atoms with Gasteiger partial charge in [-0.1, -0.05) is 12.2 Å². The van der Waals surface area contributed by atoms with Gasteiger partial charge in [-0.05, 0) is 19.3 Å². The molecule has 0 radical (unpaired) electrons. The van der Waals surface area contributed by atoms with E-state index in [-0.39, 0.29) is 36.4 Å². The molecule has 1 aliphatic heterocycles. The van der Waals surface area contributed by atoms with Crippen molar-refractivity contribution in [2.24, 2.45) is 5.92 Å². The van der Waals surface area contributed by atoms with Crippen LogP contribution in [0.2, 0.25) is 0 Å². The van der Waals surface area contributed by atoms with Crippen LogP contribution in [0, 0.1) is 5.92 Å². The predicted molar refractivity (Wildman–Crippen MR) is 57.2 cm³/mol. The van der Waals surface area contributed by atoms with E-state index in [0.717, 1.165) is 0 Å². The molecular weight excluding hydrogens is 216 g/mol. The zero-order valence-electron chi connectivity index (χ0n) is 8.81. The Morgan fingerprint density at radius 3 is 2.80 bits per heavy atom. The van der Waals surface area contributed by atoms with Crippen molar-refractivity contribution in [1.82, 2.24) is 0 Å². The molecule has 0 spiro atoms. The molecule has 1 aliphatic rings. The van der Waals surface area contributed by atoms with E-state index in [1.54, 1.807) is 12.2 Å². The van der Waals surface area contributed by atoms with Gasteiger partial charge in [-0.25, -0.2) is 8.42 Å². The monoisotopic (exact) mass is 232 g/mol. The molecule has 1 rings (SSSR count). The van der Waals surface area contributed by atoms with Gasteiger partial charge in [0, 0.05) is 6.42 Å². The summed E-state index contributed by atoms with van der Waals surface area (Å²) in [7, 11) is -2.89. The van der Waals surface area contributed by atoms with Crippen molar-refractivity contribution in [2.75, 3.05) is 18.1 Å². The molecule has 1 unspecified atom stereocenters. The fraction of sp³-hybridized carbons (Fsp3) is 0.700. The van der Waals surface area contributed by atoms with E-state index in [9.17, 15) is 13.2 Å². The zero-order chi connectivity index (χ0) is 11.3. The Bertz CT molecular complexity index is 342. The Morgan fingerprint density at radius 2 is 2.27 bits per heavy atom. The Balaban J connectivity index is 2.28. The van der Waals surface area contributed by atoms with E-state index < -0.39 is 9.84 Å². The fourth-order valence-electron chi connectivity index (χ4n) is 1.56. The minimum Gasteiger partial charge on any atom is -0.461 e. The number of ether oxygens (including phenoxy) is 1. The second-order valence-corrected chi connectivity index (χ2v) is 5.95. The number of sulfone groups is 1. The number of hydrogen-bond acceptors (Lipinski definition) is 4. The normalized spacial score (nSPS) is 24.5. The third-order valence-corrected chi connectivity index (χ3v) is 4.20. The number of esters is 1. The molecule has 86 valence electrons. The predicted octanol–water partition coefficient (Wildman–Crippen LogP) is 0.931. The van der Waals surface area contributed by atoms with E-state index >= 15 is 0 Å². The highest BCUT2D eigenvalue weighted by Crippen LogP contribution is 2.21. The summed E-state index contributed by atoms with van der Waals surface area (Å²) in [6, 6.07) is 0. The molecule has 1 fully saturated rings. The summed E-state index contributed by atoms with van der Waals surface area (Å²) in [6.07, 6.45) is 4.34. The van der Waals surface area contributed by atoms with Crippen LogP contribution in [0.15, 0.2) is 12.2 Å². The molecule has 0 aromatic rings. The minimum absolute atomic E-state index is 0.0480. The molecule has 0 saturated carbocycles. The lowest BCUT2D eigenvalue weighted by molar-refractivity contribution is -0.143. The molecule has 0 bridgehead atoms. The maximum absolute atomic E-state index is 11.2. The van der Waals surface area contributed by atoms with Gasteiger partial charge in [0.25, 0.3) is 0 Å². The Kier molecular flexibility index (Phi) is 4.32. The van der Waals surface area contributed by atoms with Crippen molar-refractivity contribution in [3.05, 3.63) is 12.2 Å². The second kappa shape index (κ2) is 5.30. The smallest absolute Gasteiger partial charge is 0.306 e. The first kappa shape index (κ1) is 12.2. The highest BCUT2D eigenvalue weighted by Gasteiger charge is 2.29. The molecule has 15 heavy (non-hydrogen) atoms. The zero-order valence-corrected chi connectivity index (χ0v) is 9.63. The van der Waals surface area contributed by atoms with Gasteiger partial charge in [0.15, 0.2) is 9.84 Å². The Hall–Kier alpha value is -0.840. The van der Waals surface area contributed by atoms with Crippen LogP contribution in [-0.2, 0) is 19.4 Å². The van der Waals surface area contributed by atoms with Crippen molar-refractivity contribution in [1.29, 1.82) is 0 Å². The first-order valence-electron chi connectivity index (χ1n) is 5.00. The van der Waals surface area contributed by atoms with Gasteiger partial charge in [0.2, 0.25) is 0 Å². The Labute approximate surface area is 90.2 Å². The van der Waals surface area contributed by atoms with Crippen molar-refractivity contribution >= 4 is 15.8 Å². The van der Waals surface area contributed by atoms with Gasteiger partial charge in [0.1, 0.15) is 6.61 Å². The lowest BCUT2D eigenvalue weighted by Gasteiger charge is -2.06. The first-order valence-corrected chi connectivity index (χ1v) is 6.83. The summed E-state index contributed by atoms with van der Waals surface area (Å²) in [5.41, 5.74) is 0. The van der Waals surface area contributed by atoms with Crippen molar-refractivity contribution in [3.63, 3.8) is 0 Å². The maximum atomic E-state index is 11.2. The van der Waals surface area contributed by atoms with E-state index in [4.69, 9.17) is 4.74 Å². The van der Waals surface area contributed by atoms with E-state index in [2.05, 4.69) is 0 Å². The van der Waals surface area contributed by atoms with Crippen molar-refractivity contribution < 1.29 is 17.9 Å². The van der Waals surface area contributed by atoms with Gasteiger partial charge in [-0.15, -0.1) is 0 Å². The lowest BCUT2D eigenvalue weighted by atomic mass is 10.1. The van der Waals surface area contributed by atoms with Crippen LogP contribution in [0.25, 0.3) is 0 Å². The van der Waals surface area contributed by atoms with E-state index in [1.165, 1.54) is 0 Å². The van der Waals surface area contributed by atoms with Crippen LogP contribution in [0.1, 0.15) is 19.8 Å². The lowest BCUT2D eigenvalue weighted by Crippen LogP contribution is -2.13. The minimum atomic E-state index is -2.89. The average molecular weight is 232 g/mol.